The van der Waals surface area contributed by atoms with Crippen LogP contribution in [0.1, 0.15) is 41.4 Å². The Morgan fingerprint density at radius 2 is 0.794 bits per heavy atom. The molecular weight excluding hydrogens is 444 g/mol. The van der Waals surface area contributed by atoms with E-state index in [4.69, 9.17) is 0 Å². The largest absolute Gasteiger partial charge is 0.478 e. The van der Waals surface area contributed by atoms with Crippen molar-refractivity contribution < 1.29 is 39.6 Å². The number of carbonyl (C=O) groups is 4. The van der Waals surface area contributed by atoms with E-state index in [0.29, 0.717) is 11.1 Å². The van der Waals surface area contributed by atoms with Crippen molar-refractivity contribution >= 4 is 34.9 Å². The van der Waals surface area contributed by atoms with Gasteiger partial charge in [-0.25, -0.2) is 19.2 Å². The maximum atomic E-state index is 11.5. The number of nitrogens with zero attached hydrogens (tertiary/aromatic N) is 2. The van der Waals surface area contributed by atoms with Gasteiger partial charge in [0.1, 0.15) is 0 Å². The second kappa shape index (κ2) is 8.43. The number of benzene rings is 3. The number of hydrogen-bond acceptors (Lipinski definition) is 6. The highest BCUT2D eigenvalue weighted by Crippen LogP contribution is 2.35. The lowest BCUT2D eigenvalue weighted by molar-refractivity contribution is 0.0676. The smallest absolute Gasteiger partial charge is 0.335 e. The molecule has 0 bridgehead atoms. The van der Waals surface area contributed by atoms with Crippen molar-refractivity contribution in [2.24, 2.45) is 0 Å². The summed E-state index contributed by atoms with van der Waals surface area (Å²) in [6.07, 6.45) is 2.79. The van der Waals surface area contributed by atoms with Crippen LogP contribution < -0.4 is 0 Å². The first-order valence-electron chi connectivity index (χ1n) is 9.63. The zero-order valence-electron chi connectivity index (χ0n) is 17.1. The molecule has 0 radical (unpaired) electrons. The summed E-state index contributed by atoms with van der Waals surface area (Å²) < 4.78 is 0. The first-order chi connectivity index (χ1) is 16.2. The molecule has 4 aromatic rings. The molecule has 0 saturated heterocycles. The summed E-state index contributed by atoms with van der Waals surface area (Å²) in [7, 11) is 0. The second-order valence-corrected chi connectivity index (χ2v) is 7.23. The summed E-state index contributed by atoms with van der Waals surface area (Å²) in [5.74, 6) is -5.21. The molecule has 0 spiro atoms. The number of rotatable bonds is 6. The van der Waals surface area contributed by atoms with E-state index in [1.807, 2.05) is 0 Å². The van der Waals surface area contributed by atoms with Gasteiger partial charge in [0.2, 0.25) is 0 Å². The number of hydrogen-bond donors (Lipinski definition) is 4. The zero-order chi connectivity index (χ0) is 24.6. The molecule has 0 unspecified atom stereocenters. The Morgan fingerprint density at radius 3 is 1.06 bits per heavy atom. The van der Waals surface area contributed by atoms with Gasteiger partial charge in [0.05, 0.1) is 33.3 Å². The van der Waals surface area contributed by atoms with Gasteiger partial charge in [-0.15, -0.1) is 0 Å². The van der Waals surface area contributed by atoms with E-state index >= 15 is 0 Å². The molecule has 0 aliphatic carbocycles. The summed E-state index contributed by atoms with van der Waals surface area (Å²) >= 11 is 0. The summed E-state index contributed by atoms with van der Waals surface area (Å²) in [6, 6.07) is 10.5. The van der Waals surface area contributed by atoms with Crippen LogP contribution in [0.25, 0.3) is 33.3 Å². The summed E-state index contributed by atoms with van der Waals surface area (Å²) in [6.45, 7) is 0. The van der Waals surface area contributed by atoms with Gasteiger partial charge in [-0.1, -0.05) is 12.1 Å². The molecule has 0 aliphatic rings. The van der Waals surface area contributed by atoms with Gasteiger partial charge in [-0.2, -0.15) is 0 Å². The Balaban J connectivity index is 2.00. The third-order valence-electron chi connectivity index (χ3n) is 5.10. The van der Waals surface area contributed by atoms with Crippen LogP contribution in [-0.4, -0.2) is 54.3 Å². The van der Waals surface area contributed by atoms with Crippen LogP contribution >= 0.6 is 0 Å². The highest BCUT2D eigenvalue weighted by Gasteiger charge is 2.18. The van der Waals surface area contributed by atoms with Gasteiger partial charge in [0.15, 0.2) is 0 Å². The molecule has 4 rings (SSSR count). The Labute approximate surface area is 190 Å². The average molecular weight is 458 g/mol. The molecule has 10 heteroatoms. The number of aromatic carboxylic acids is 4. The van der Waals surface area contributed by atoms with Crippen molar-refractivity contribution in [3.8, 4) is 22.3 Å². The van der Waals surface area contributed by atoms with E-state index in [1.54, 1.807) is 12.1 Å². The van der Waals surface area contributed by atoms with Crippen molar-refractivity contribution in [3.05, 3.63) is 83.2 Å². The van der Waals surface area contributed by atoms with Gasteiger partial charge in [0, 0.05) is 23.5 Å². The van der Waals surface area contributed by atoms with Crippen molar-refractivity contribution in [2.75, 3.05) is 0 Å². The van der Waals surface area contributed by atoms with E-state index in [9.17, 15) is 39.6 Å². The van der Waals surface area contributed by atoms with Crippen LogP contribution in [0.15, 0.2) is 60.9 Å². The predicted octanol–water partition coefficient (Wildman–Crippen LogP) is 3.76. The fraction of sp³-hybridized carbons (Fsp3) is 0. The van der Waals surface area contributed by atoms with Crippen LogP contribution in [0.2, 0.25) is 0 Å². The lowest BCUT2D eigenvalue weighted by atomic mass is 9.93. The van der Waals surface area contributed by atoms with Gasteiger partial charge in [-0.05, 0) is 47.5 Å². The molecule has 1 aromatic heterocycles. The first-order valence-corrected chi connectivity index (χ1v) is 9.63. The standard InChI is InChI=1S/C24H14N2O8/c27-21(28)13-5-11(6-14(9-13)22(29)30)17-1-2-18(20-19(17)25-3-4-26-20)12-7-15(23(31)32)10-16(8-12)24(33)34/h1-10H,(H,27,28)(H,29,30)(H,31,32)(H,33,34). The average Bonchev–Trinajstić information content (AvgIpc) is 2.82. The number of carboxylic acid groups (broad SMARTS) is 4. The number of fused-ring (bicyclic) bond motifs is 1. The molecule has 0 aliphatic heterocycles. The fourth-order valence-electron chi connectivity index (χ4n) is 3.58. The zero-order valence-corrected chi connectivity index (χ0v) is 17.1. The third-order valence-corrected chi connectivity index (χ3v) is 5.10. The van der Waals surface area contributed by atoms with Crippen LogP contribution in [0.5, 0.6) is 0 Å². The van der Waals surface area contributed by atoms with Crippen LogP contribution in [-0.2, 0) is 0 Å². The minimum absolute atomic E-state index is 0.226. The maximum Gasteiger partial charge on any atom is 0.335 e. The molecule has 0 amide bonds. The SMILES string of the molecule is O=C(O)c1cc(C(=O)O)cc(-c2ccc(-c3cc(C(=O)O)cc(C(=O)O)c3)c3nccnc23)c1. The van der Waals surface area contributed by atoms with Gasteiger partial charge in [0.25, 0.3) is 0 Å². The quantitative estimate of drug-likeness (QED) is 0.333. The van der Waals surface area contributed by atoms with Crippen molar-refractivity contribution in [2.45, 2.75) is 0 Å². The molecule has 0 atom stereocenters. The van der Waals surface area contributed by atoms with E-state index in [2.05, 4.69) is 9.97 Å². The fourth-order valence-corrected chi connectivity index (χ4v) is 3.58. The lowest BCUT2D eigenvalue weighted by Gasteiger charge is -2.12. The molecule has 3 aromatic carbocycles. The molecule has 10 nitrogen and oxygen atoms in total. The third kappa shape index (κ3) is 4.02. The normalized spacial score (nSPS) is 10.7. The topological polar surface area (TPSA) is 175 Å². The molecule has 168 valence electrons. The highest BCUT2D eigenvalue weighted by molar-refractivity contribution is 6.04. The van der Waals surface area contributed by atoms with Gasteiger partial charge >= 0.3 is 23.9 Å². The van der Waals surface area contributed by atoms with E-state index in [1.165, 1.54) is 36.7 Å². The summed E-state index contributed by atoms with van der Waals surface area (Å²) in [5.41, 5.74) is 1.02. The Bertz CT molecular complexity index is 1350. The number of aromatic nitrogens is 2. The summed E-state index contributed by atoms with van der Waals surface area (Å²) in [5, 5.41) is 37.6. The monoisotopic (exact) mass is 458 g/mol. The van der Waals surface area contributed by atoms with Crippen LogP contribution in [0.4, 0.5) is 0 Å². The van der Waals surface area contributed by atoms with Gasteiger partial charge in [-0.3, -0.25) is 9.97 Å². The molecule has 4 N–H and O–H groups in total. The molecule has 34 heavy (non-hydrogen) atoms. The molecule has 0 fully saturated rings. The van der Waals surface area contributed by atoms with E-state index < -0.39 is 23.9 Å². The minimum atomic E-state index is -1.30. The number of carboxylic acids is 4. The van der Waals surface area contributed by atoms with Crippen molar-refractivity contribution in [1.29, 1.82) is 0 Å². The molecular formula is C24H14N2O8. The van der Waals surface area contributed by atoms with E-state index in [0.717, 1.165) is 12.1 Å². The van der Waals surface area contributed by atoms with Crippen molar-refractivity contribution in [3.63, 3.8) is 0 Å². The van der Waals surface area contributed by atoms with Crippen LogP contribution in [0.3, 0.4) is 0 Å². The Hall–Kier alpha value is -5.12. The predicted molar refractivity (Wildman–Crippen MR) is 118 cm³/mol. The Morgan fingerprint density at radius 1 is 0.500 bits per heavy atom. The highest BCUT2D eigenvalue weighted by atomic mass is 16.4. The second-order valence-electron chi connectivity index (χ2n) is 7.23. The Kier molecular flexibility index (Phi) is 5.48. The first kappa shape index (κ1) is 22.1. The minimum Gasteiger partial charge on any atom is -0.478 e. The van der Waals surface area contributed by atoms with Gasteiger partial charge < -0.3 is 20.4 Å². The molecule has 1 heterocycles. The lowest BCUT2D eigenvalue weighted by Crippen LogP contribution is -2.04. The van der Waals surface area contributed by atoms with Crippen molar-refractivity contribution in [1.82, 2.24) is 9.97 Å². The summed E-state index contributed by atoms with van der Waals surface area (Å²) in [4.78, 5) is 54.7. The maximum absolute atomic E-state index is 11.5. The van der Waals surface area contributed by atoms with E-state index in [-0.39, 0.29) is 44.4 Å². The van der Waals surface area contributed by atoms with Crippen LogP contribution in [0, 0.1) is 0 Å². The molecule has 0 saturated carbocycles.